The monoisotopic (exact) mass is 323 g/mol. The number of hydrogen-bond acceptors (Lipinski definition) is 2. The fraction of sp³-hybridized carbons (Fsp3) is 0.375. The number of alkyl halides is 3. The summed E-state index contributed by atoms with van der Waals surface area (Å²) in [6, 6.07) is 3.57. The molecule has 0 amide bonds. The fourth-order valence-electron chi connectivity index (χ4n) is 2.80. The maximum atomic E-state index is 13.5. The van der Waals surface area contributed by atoms with Crippen LogP contribution in [0.2, 0.25) is 0 Å². The molecule has 0 bridgehead atoms. The van der Waals surface area contributed by atoms with Gasteiger partial charge in [0.05, 0.1) is 17.3 Å². The molecule has 7 heteroatoms. The van der Waals surface area contributed by atoms with Crippen molar-refractivity contribution in [2.45, 2.75) is 32.0 Å². The molecule has 23 heavy (non-hydrogen) atoms. The largest absolute Gasteiger partial charge is 0.409 e. The molecule has 1 fully saturated rings. The number of hydrogen-bond donors (Lipinski definition) is 0. The summed E-state index contributed by atoms with van der Waals surface area (Å²) in [5, 5.41) is 9.15. The zero-order valence-corrected chi connectivity index (χ0v) is 12.2. The van der Waals surface area contributed by atoms with Crippen molar-refractivity contribution in [3.63, 3.8) is 0 Å². The van der Waals surface area contributed by atoms with E-state index in [2.05, 4.69) is 4.98 Å². The molecule has 0 aliphatic heterocycles. The molecule has 1 saturated carbocycles. The Labute approximate surface area is 130 Å². The Balaban J connectivity index is 2.17. The van der Waals surface area contributed by atoms with Gasteiger partial charge in [-0.25, -0.2) is 9.37 Å². The van der Waals surface area contributed by atoms with Gasteiger partial charge in [0, 0.05) is 11.8 Å². The number of benzene rings is 1. The third kappa shape index (κ3) is 2.93. The smallest absolute Gasteiger partial charge is 0.318 e. The minimum Gasteiger partial charge on any atom is -0.318 e. The van der Waals surface area contributed by atoms with Crippen molar-refractivity contribution in [3.8, 4) is 17.5 Å². The van der Waals surface area contributed by atoms with Gasteiger partial charge in [0.2, 0.25) is 0 Å². The van der Waals surface area contributed by atoms with Crippen LogP contribution >= 0.6 is 0 Å². The van der Waals surface area contributed by atoms with E-state index in [0.717, 1.165) is 16.7 Å². The van der Waals surface area contributed by atoms with E-state index in [1.807, 2.05) is 6.07 Å². The van der Waals surface area contributed by atoms with Crippen LogP contribution in [0.25, 0.3) is 11.4 Å². The van der Waals surface area contributed by atoms with E-state index in [9.17, 15) is 17.6 Å². The molecule has 0 N–H and O–H groups in total. The minimum atomic E-state index is -4.41. The predicted molar refractivity (Wildman–Crippen MR) is 74.9 cm³/mol. The molecule has 0 saturated heterocycles. The second-order valence-electron chi connectivity index (χ2n) is 5.74. The van der Waals surface area contributed by atoms with Crippen LogP contribution in [-0.4, -0.2) is 15.7 Å². The number of nitrogens with zero attached hydrogens (tertiary/aromatic N) is 3. The van der Waals surface area contributed by atoms with Crippen molar-refractivity contribution in [1.82, 2.24) is 9.55 Å². The van der Waals surface area contributed by atoms with Gasteiger partial charge < -0.3 is 4.57 Å². The maximum Gasteiger partial charge on any atom is 0.409 e. The maximum absolute atomic E-state index is 13.5. The summed E-state index contributed by atoms with van der Waals surface area (Å²) >= 11 is 0. The lowest BCUT2D eigenvalue weighted by Gasteiger charge is -2.23. The van der Waals surface area contributed by atoms with E-state index >= 15 is 0 Å². The molecule has 1 atom stereocenters. The summed E-state index contributed by atoms with van der Waals surface area (Å²) in [4.78, 5) is 4.15. The molecule has 0 radical (unpaired) electrons. The number of rotatable bonds is 3. The van der Waals surface area contributed by atoms with Crippen molar-refractivity contribution in [1.29, 1.82) is 5.26 Å². The average molecular weight is 323 g/mol. The number of nitriles is 1. The third-order valence-electron chi connectivity index (χ3n) is 3.90. The Bertz CT molecular complexity index is 782. The molecule has 2 aromatic rings. The Morgan fingerprint density at radius 1 is 1.35 bits per heavy atom. The molecule has 1 aromatic carbocycles. The lowest BCUT2D eigenvalue weighted by Crippen LogP contribution is -2.28. The van der Waals surface area contributed by atoms with Crippen molar-refractivity contribution in [3.05, 3.63) is 41.5 Å². The second-order valence-corrected chi connectivity index (χ2v) is 5.74. The van der Waals surface area contributed by atoms with Crippen LogP contribution in [0.1, 0.15) is 30.1 Å². The highest BCUT2D eigenvalue weighted by Crippen LogP contribution is 2.49. The van der Waals surface area contributed by atoms with Crippen LogP contribution in [0.5, 0.6) is 0 Å². The van der Waals surface area contributed by atoms with E-state index in [0.29, 0.717) is 18.5 Å². The molecule has 0 spiro atoms. The highest BCUT2D eigenvalue weighted by atomic mass is 19.4. The molecular formula is C16H13F4N3. The van der Waals surface area contributed by atoms with Gasteiger partial charge in [-0.2, -0.15) is 18.4 Å². The number of aryl methyl sites for hydroxylation is 1. The molecule has 1 heterocycles. The molecule has 120 valence electrons. The van der Waals surface area contributed by atoms with Gasteiger partial charge in [0.15, 0.2) is 0 Å². The van der Waals surface area contributed by atoms with Crippen LogP contribution in [0.3, 0.4) is 0 Å². The van der Waals surface area contributed by atoms with Crippen LogP contribution < -0.4 is 0 Å². The SMILES string of the molecule is Cc1cn(C(C2CC2)C(F)(F)F)c(-c2ccc(F)cc2C#N)n1. The van der Waals surface area contributed by atoms with E-state index in [4.69, 9.17) is 5.26 Å². The van der Waals surface area contributed by atoms with Crippen LogP contribution in [0.4, 0.5) is 17.6 Å². The zero-order valence-electron chi connectivity index (χ0n) is 12.2. The fourth-order valence-corrected chi connectivity index (χ4v) is 2.80. The van der Waals surface area contributed by atoms with Gasteiger partial charge in [-0.1, -0.05) is 0 Å². The molecule has 3 rings (SSSR count). The van der Waals surface area contributed by atoms with Crippen LogP contribution in [-0.2, 0) is 0 Å². The number of aromatic nitrogens is 2. The molecule has 1 unspecified atom stereocenters. The standard InChI is InChI=1S/C16H13F4N3/c1-9-8-23(14(10-2-3-10)16(18,19)20)15(22-9)13-5-4-12(17)6-11(13)7-21/h4-6,8,10,14H,2-3H2,1H3. The first-order chi connectivity index (χ1) is 10.8. The zero-order chi connectivity index (χ0) is 16.8. The average Bonchev–Trinajstić information content (AvgIpc) is 3.20. The Morgan fingerprint density at radius 2 is 2.04 bits per heavy atom. The molecule has 1 aliphatic carbocycles. The summed E-state index contributed by atoms with van der Waals surface area (Å²) in [7, 11) is 0. The highest BCUT2D eigenvalue weighted by Gasteiger charge is 2.50. The number of imidazole rings is 1. The third-order valence-corrected chi connectivity index (χ3v) is 3.90. The van der Waals surface area contributed by atoms with Gasteiger partial charge >= 0.3 is 6.18 Å². The van der Waals surface area contributed by atoms with Gasteiger partial charge in [-0.3, -0.25) is 0 Å². The van der Waals surface area contributed by atoms with E-state index in [1.54, 1.807) is 6.92 Å². The van der Waals surface area contributed by atoms with E-state index < -0.39 is 24.0 Å². The summed E-state index contributed by atoms with van der Waals surface area (Å²) < 4.78 is 54.8. The summed E-state index contributed by atoms with van der Waals surface area (Å²) in [6.07, 6.45) is -2.04. The Kier molecular flexibility index (Phi) is 3.63. The summed E-state index contributed by atoms with van der Waals surface area (Å²) in [5.41, 5.74) is 0.591. The minimum absolute atomic E-state index is 0.0337. The lowest BCUT2D eigenvalue weighted by molar-refractivity contribution is -0.172. The van der Waals surface area contributed by atoms with Gasteiger partial charge in [-0.05, 0) is 43.9 Å². The summed E-state index contributed by atoms with van der Waals surface area (Å²) in [5.74, 6) is -1.05. The Morgan fingerprint density at radius 3 is 2.61 bits per heavy atom. The van der Waals surface area contributed by atoms with Crippen molar-refractivity contribution in [2.75, 3.05) is 0 Å². The van der Waals surface area contributed by atoms with Crippen molar-refractivity contribution < 1.29 is 17.6 Å². The van der Waals surface area contributed by atoms with E-state index in [1.165, 1.54) is 12.3 Å². The number of halogens is 4. The first-order valence-corrected chi connectivity index (χ1v) is 7.13. The lowest BCUT2D eigenvalue weighted by atomic mass is 10.1. The molecular weight excluding hydrogens is 310 g/mol. The quantitative estimate of drug-likeness (QED) is 0.787. The second kappa shape index (κ2) is 5.37. The predicted octanol–water partition coefficient (Wildman–Crippen LogP) is 4.38. The van der Waals surface area contributed by atoms with Crippen LogP contribution in [0.15, 0.2) is 24.4 Å². The first-order valence-electron chi connectivity index (χ1n) is 7.13. The molecule has 1 aromatic heterocycles. The van der Waals surface area contributed by atoms with Crippen molar-refractivity contribution >= 4 is 0 Å². The first kappa shape index (κ1) is 15.5. The topological polar surface area (TPSA) is 41.6 Å². The molecule has 3 nitrogen and oxygen atoms in total. The van der Waals surface area contributed by atoms with Crippen molar-refractivity contribution in [2.24, 2.45) is 5.92 Å². The highest BCUT2D eigenvalue weighted by molar-refractivity contribution is 5.65. The Hall–Kier alpha value is -2.36. The van der Waals surface area contributed by atoms with Gasteiger partial charge in [0.1, 0.15) is 17.7 Å². The summed E-state index contributed by atoms with van der Waals surface area (Å²) in [6.45, 7) is 1.59. The van der Waals surface area contributed by atoms with E-state index in [-0.39, 0.29) is 17.0 Å². The normalized spacial score (nSPS) is 16.2. The molecule has 1 aliphatic rings. The van der Waals surface area contributed by atoms with Crippen LogP contribution in [0, 0.1) is 30.0 Å². The van der Waals surface area contributed by atoms with Gasteiger partial charge in [-0.15, -0.1) is 0 Å². The van der Waals surface area contributed by atoms with Gasteiger partial charge in [0.25, 0.3) is 0 Å².